The Labute approximate surface area is 149 Å². The topological polar surface area (TPSA) is 0 Å². The van der Waals surface area contributed by atoms with Crippen molar-refractivity contribution >= 4 is 45.1 Å². The number of hydrogen-bond acceptors (Lipinski definition) is 3. The molecule has 2 aromatic rings. The van der Waals surface area contributed by atoms with E-state index < -0.39 is 0 Å². The first-order valence-electron chi connectivity index (χ1n) is 7.35. The van der Waals surface area contributed by atoms with E-state index in [1.165, 1.54) is 30.7 Å². The Morgan fingerprint density at radius 1 is 0.565 bits per heavy atom. The maximum atomic E-state index is 2.20. The van der Waals surface area contributed by atoms with Gasteiger partial charge >= 0.3 is 0 Å². The van der Waals surface area contributed by atoms with Crippen molar-refractivity contribution in [2.24, 2.45) is 0 Å². The Bertz CT molecular complexity index is 760. The van der Waals surface area contributed by atoms with E-state index in [2.05, 4.69) is 83.6 Å². The van der Waals surface area contributed by atoms with Gasteiger partial charge in [-0.3, -0.25) is 0 Å². The highest BCUT2D eigenvalue weighted by atomic mass is 32.2. The predicted molar refractivity (Wildman–Crippen MR) is 108 cm³/mol. The van der Waals surface area contributed by atoms with Crippen LogP contribution >= 0.6 is 35.3 Å². The number of rotatable bonds is 2. The van der Waals surface area contributed by atoms with Gasteiger partial charge in [-0.2, -0.15) is 0 Å². The lowest BCUT2D eigenvalue weighted by atomic mass is 10.1. The molecule has 0 radical (unpaired) electrons. The van der Waals surface area contributed by atoms with E-state index in [9.17, 15) is 0 Å². The fraction of sp³-hybridized carbons (Fsp3) is 0. The summed E-state index contributed by atoms with van der Waals surface area (Å²) in [5, 5.41) is 4.29. The predicted octanol–water partition coefficient (Wildman–Crippen LogP) is 6.98. The summed E-state index contributed by atoms with van der Waals surface area (Å²) in [6.45, 7) is 0. The molecule has 0 saturated heterocycles. The highest BCUT2D eigenvalue weighted by Gasteiger charge is 2.25. The lowest BCUT2D eigenvalue weighted by molar-refractivity contribution is 1.63. The van der Waals surface area contributed by atoms with Gasteiger partial charge in [-0.25, -0.2) is 0 Å². The third kappa shape index (κ3) is 3.23. The molecule has 2 aliphatic heterocycles. The first-order valence-corrected chi connectivity index (χ1v) is 9.93. The van der Waals surface area contributed by atoms with E-state index in [-0.39, 0.29) is 0 Å². The maximum Gasteiger partial charge on any atom is 0.0572 e. The fourth-order valence-electron chi connectivity index (χ4n) is 2.44. The van der Waals surface area contributed by atoms with E-state index in [0.717, 1.165) is 0 Å². The molecule has 0 aromatic heterocycles. The van der Waals surface area contributed by atoms with E-state index in [0.29, 0.717) is 0 Å². The zero-order chi connectivity index (χ0) is 15.5. The molecule has 112 valence electrons. The molecule has 0 unspecified atom stereocenters. The summed E-state index contributed by atoms with van der Waals surface area (Å²) < 4.78 is 1.36. The summed E-state index contributed by atoms with van der Waals surface area (Å²) in [6.07, 6.45) is 4.41. The standard InChI is InChI=1S/C20H14S3/c1-3-7-15(8-4-1)18-19(16-9-5-2-6-10-16)23-20(22-18)17-11-13-21-14-12-17/h1-14H. The van der Waals surface area contributed by atoms with Crippen molar-refractivity contribution in [3.8, 4) is 0 Å². The van der Waals surface area contributed by atoms with Crippen molar-refractivity contribution in [3.05, 3.63) is 105 Å². The fourth-order valence-corrected chi connectivity index (χ4v) is 5.70. The van der Waals surface area contributed by atoms with Crippen molar-refractivity contribution in [1.82, 2.24) is 0 Å². The number of benzene rings is 2. The molecule has 3 heteroatoms. The van der Waals surface area contributed by atoms with Crippen LogP contribution in [0.1, 0.15) is 11.1 Å². The molecule has 2 aliphatic rings. The van der Waals surface area contributed by atoms with E-state index in [4.69, 9.17) is 0 Å². The van der Waals surface area contributed by atoms with Crippen LogP contribution in [-0.2, 0) is 0 Å². The van der Waals surface area contributed by atoms with Gasteiger partial charge in [0.05, 0.1) is 4.24 Å². The molecular formula is C20H14S3. The van der Waals surface area contributed by atoms with Crippen molar-refractivity contribution in [2.45, 2.75) is 0 Å². The molecule has 23 heavy (non-hydrogen) atoms. The average Bonchev–Trinajstić information content (AvgIpc) is 3.09. The lowest BCUT2D eigenvalue weighted by Crippen LogP contribution is -1.81. The van der Waals surface area contributed by atoms with Gasteiger partial charge in [-0.05, 0) is 39.7 Å². The molecule has 0 bridgehead atoms. The minimum absolute atomic E-state index is 1.29. The van der Waals surface area contributed by atoms with Crippen LogP contribution in [0.5, 0.6) is 0 Å². The largest absolute Gasteiger partial charge is 0.106 e. The molecule has 0 amide bonds. The normalized spacial score (nSPS) is 17.2. The third-order valence-corrected chi connectivity index (χ3v) is 6.90. The first-order chi connectivity index (χ1) is 11.4. The van der Waals surface area contributed by atoms with Crippen LogP contribution in [0.15, 0.2) is 93.4 Å². The Morgan fingerprint density at radius 2 is 1.04 bits per heavy atom. The zero-order valence-electron chi connectivity index (χ0n) is 12.3. The van der Waals surface area contributed by atoms with Crippen LogP contribution in [0.3, 0.4) is 0 Å². The van der Waals surface area contributed by atoms with E-state index in [1.807, 2.05) is 23.5 Å². The molecule has 0 aliphatic carbocycles. The average molecular weight is 351 g/mol. The number of allylic oxidation sites excluding steroid dienone is 3. The third-order valence-electron chi connectivity index (χ3n) is 3.56. The first kappa shape index (κ1) is 15.0. The van der Waals surface area contributed by atoms with Crippen molar-refractivity contribution < 1.29 is 0 Å². The smallest absolute Gasteiger partial charge is 0.0572 e. The van der Waals surface area contributed by atoms with Crippen LogP contribution in [-0.4, -0.2) is 0 Å². The molecule has 4 rings (SSSR count). The molecule has 2 heterocycles. The molecule has 0 N–H and O–H groups in total. The highest BCUT2D eigenvalue weighted by Crippen LogP contribution is 2.58. The lowest BCUT2D eigenvalue weighted by Gasteiger charge is -2.05. The highest BCUT2D eigenvalue weighted by molar-refractivity contribution is 8.34. The van der Waals surface area contributed by atoms with Crippen LogP contribution in [0.2, 0.25) is 0 Å². The van der Waals surface area contributed by atoms with Gasteiger partial charge in [-0.15, -0.1) is 11.8 Å². The minimum atomic E-state index is 1.29. The van der Waals surface area contributed by atoms with Gasteiger partial charge in [0.2, 0.25) is 0 Å². The quantitative estimate of drug-likeness (QED) is 0.573. The van der Waals surface area contributed by atoms with Gasteiger partial charge in [0.1, 0.15) is 0 Å². The van der Waals surface area contributed by atoms with Crippen molar-refractivity contribution in [3.63, 3.8) is 0 Å². The van der Waals surface area contributed by atoms with Gasteiger partial charge in [-0.1, -0.05) is 84.2 Å². The molecule has 0 atom stereocenters. The number of hydrogen-bond donors (Lipinski definition) is 0. The van der Waals surface area contributed by atoms with Gasteiger partial charge in [0.15, 0.2) is 0 Å². The number of thioether (sulfide) groups is 3. The second-order valence-corrected chi connectivity index (χ2v) is 8.19. The summed E-state index contributed by atoms with van der Waals surface area (Å²) in [5.41, 5.74) is 3.88. The minimum Gasteiger partial charge on any atom is -0.106 e. The molecular weight excluding hydrogens is 336 g/mol. The summed E-state index contributed by atoms with van der Waals surface area (Å²) in [7, 11) is 0. The molecule has 0 fully saturated rings. The Kier molecular flexibility index (Phi) is 4.51. The second kappa shape index (κ2) is 6.91. The monoisotopic (exact) mass is 350 g/mol. The summed E-state index contributed by atoms with van der Waals surface area (Å²) in [6, 6.07) is 21.4. The summed E-state index contributed by atoms with van der Waals surface area (Å²) in [4.78, 5) is 2.70. The van der Waals surface area contributed by atoms with Crippen molar-refractivity contribution in [1.29, 1.82) is 0 Å². The van der Waals surface area contributed by atoms with Gasteiger partial charge < -0.3 is 0 Å². The summed E-state index contributed by atoms with van der Waals surface area (Å²) >= 11 is 5.49. The summed E-state index contributed by atoms with van der Waals surface area (Å²) in [5.74, 6) is 0. The Morgan fingerprint density at radius 3 is 1.52 bits per heavy atom. The second-order valence-electron chi connectivity index (χ2n) is 5.08. The SMILES string of the molecule is C1=CC(=C2SC(c3ccccc3)=C(c3ccccc3)S2)C=CS1. The van der Waals surface area contributed by atoms with Crippen LogP contribution in [0.25, 0.3) is 9.81 Å². The Hall–Kier alpha value is -1.55. The molecule has 2 aromatic carbocycles. The van der Waals surface area contributed by atoms with Crippen molar-refractivity contribution in [2.75, 3.05) is 0 Å². The molecule has 0 saturated carbocycles. The van der Waals surface area contributed by atoms with Gasteiger partial charge in [0.25, 0.3) is 0 Å². The molecule has 0 spiro atoms. The van der Waals surface area contributed by atoms with Gasteiger partial charge in [0, 0.05) is 9.81 Å². The van der Waals surface area contributed by atoms with E-state index in [1.54, 1.807) is 11.8 Å². The Balaban J connectivity index is 1.81. The maximum absolute atomic E-state index is 2.20. The van der Waals surface area contributed by atoms with Crippen LogP contribution < -0.4 is 0 Å². The zero-order valence-corrected chi connectivity index (χ0v) is 14.8. The van der Waals surface area contributed by atoms with Crippen LogP contribution in [0, 0.1) is 0 Å². The van der Waals surface area contributed by atoms with Crippen LogP contribution in [0.4, 0.5) is 0 Å². The molecule has 0 nitrogen and oxygen atoms in total. The van der Waals surface area contributed by atoms with E-state index >= 15 is 0 Å².